The zero-order valence-corrected chi connectivity index (χ0v) is 20.9. The molecule has 0 radical (unpaired) electrons. The van der Waals surface area contributed by atoms with E-state index in [-0.39, 0.29) is 29.1 Å². The number of aryl methyl sites for hydroxylation is 1. The Hall–Kier alpha value is -3.58. The molecule has 0 aliphatic heterocycles. The van der Waals surface area contributed by atoms with Gasteiger partial charge in [-0.25, -0.2) is 22.9 Å². The van der Waals surface area contributed by atoms with Crippen LogP contribution in [0, 0.1) is 6.92 Å². The molecule has 1 aliphatic carbocycles. The molecule has 12 nitrogen and oxygen atoms in total. The topological polar surface area (TPSA) is 193 Å². The standard InChI is InChI=1S/C21H27N5O4S.C2H5NO2/c1-15-13-24-19(14-23-15)20(27)22-12-11-16-7-9-18(10-8-16)31(29,30)26-21(28)25-17-5-3-2-4-6-17;3-1-2(4)5/h7-10,13-14,17H,2-6,11-12H2,1H3,(H,22,27)(H2,25,26,28);1,3H2,(H,4,5). The van der Waals surface area contributed by atoms with E-state index in [1.807, 2.05) is 0 Å². The molecule has 1 aromatic carbocycles. The summed E-state index contributed by atoms with van der Waals surface area (Å²) < 4.78 is 26.9. The molecule has 0 saturated heterocycles. The van der Waals surface area contributed by atoms with Gasteiger partial charge in [0.2, 0.25) is 0 Å². The molecule has 196 valence electrons. The fourth-order valence-corrected chi connectivity index (χ4v) is 4.31. The monoisotopic (exact) mass is 520 g/mol. The lowest BCUT2D eigenvalue weighted by atomic mass is 9.96. The summed E-state index contributed by atoms with van der Waals surface area (Å²) in [5, 5.41) is 13.1. The number of carboxylic acids is 1. The molecule has 13 heteroatoms. The molecule has 1 saturated carbocycles. The second kappa shape index (κ2) is 14.1. The molecule has 0 spiro atoms. The van der Waals surface area contributed by atoms with Crippen molar-refractivity contribution >= 4 is 27.9 Å². The zero-order valence-electron chi connectivity index (χ0n) is 20.1. The Kier molecular flexibility index (Phi) is 11.2. The summed E-state index contributed by atoms with van der Waals surface area (Å²) in [5.41, 5.74) is 6.39. The van der Waals surface area contributed by atoms with Crippen LogP contribution in [0.15, 0.2) is 41.6 Å². The molecule has 36 heavy (non-hydrogen) atoms. The molecule has 1 heterocycles. The largest absolute Gasteiger partial charge is 0.480 e. The minimum Gasteiger partial charge on any atom is -0.480 e. The first-order valence-corrected chi connectivity index (χ1v) is 13.0. The van der Waals surface area contributed by atoms with Gasteiger partial charge in [-0.1, -0.05) is 31.4 Å². The van der Waals surface area contributed by atoms with E-state index in [9.17, 15) is 22.8 Å². The van der Waals surface area contributed by atoms with Crippen LogP contribution >= 0.6 is 0 Å². The van der Waals surface area contributed by atoms with Crippen molar-refractivity contribution in [3.63, 3.8) is 0 Å². The quantitative estimate of drug-likeness (QED) is 0.339. The fourth-order valence-electron chi connectivity index (χ4n) is 3.40. The molecule has 6 N–H and O–H groups in total. The molecule has 1 fully saturated rings. The number of urea groups is 1. The summed E-state index contributed by atoms with van der Waals surface area (Å²) in [6, 6.07) is 5.53. The Morgan fingerprint density at radius 1 is 1.06 bits per heavy atom. The van der Waals surface area contributed by atoms with Gasteiger partial charge >= 0.3 is 12.0 Å². The number of hydrogen-bond donors (Lipinski definition) is 5. The average Bonchev–Trinajstić information content (AvgIpc) is 2.85. The Bertz CT molecular complexity index is 1120. The lowest BCUT2D eigenvalue weighted by Crippen LogP contribution is -2.45. The van der Waals surface area contributed by atoms with Gasteiger partial charge in [-0.3, -0.25) is 14.6 Å². The van der Waals surface area contributed by atoms with Gasteiger partial charge in [0, 0.05) is 18.8 Å². The number of nitrogens with one attached hydrogen (secondary N) is 3. The van der Waals surface area contributed by atoms with Crippen molar-refractivity contribution in [3.05, 3.63) is 53.6 Å². The smallest absolute Gasteiger partial charge is 0.328 e. The number of nitrogens with zero attached hydrogens (tertiary/aromatic N) is 2. The Labute approximate surface area is 210 Å². The third kappa shape index (κ3) is 9.96. The van der Waals surface area contributed by atoms with Gasteiger partial charge < -0.3 is 21.5 Å². The Morgan fingerprint density at radius 3 is 2.25 bits per heavy atom. The second-order valence-electron chi connectivity index (χ2n) is 8.20. The molecule has 1 aromatic heterocycles. The highest BCUT2D eigenvalue weighted by Gasteiger charge is 2.21. The number of carbonyl (C=O) groups excluding carboxylic acids is 2. The number of carbonyl (C=O) groups is 3. The number of aliphatic carboxylic acids is 1. The zero-order chi connectivity index (χ0) is 26.6. The van der Waals surface area contributed by atoms with Crippen LogP contribution in [0.2, 0.25) is 0 Å². The van der Waals surface area contributed by atoms with E-state index < -0.39 is 22.0 Å². The third-order valence-corrected chi connectivity index (χ3v) is 6.64. The Morgan fingerprint density at radius 2 is 1.69 bits per heavy atom. The van der Waals surface area contributed by atoms with E-state index in [2.05, 4.69) is 31.1 Å². The van der Waals surface area contributed by atoms with Gasteiger partial charge in [-0.2, -0.15) is 0 Å². The van der Waals surface area contributed by atoms with Crippen LogP contribution in [-0.4, -0.2) is 60.5 Å². The van der Waals surface area contributed by atoms with Crippen LogP contribution in [0.25, 0.3) is 0 Å². The van der Waals surface area contributed by atoms with E-state index in [0.29, 0.717) is 13.0 Å². The molecular weight excluding hydrogens is 488 g/mol. The molecule has 1 aliphatic rings. The van der Waals surface area contributed by atoms with Crippen molar-refractivity contribution in [1.82, 2.24) is 25.3 Å². The summed E-state index contributed by atoms with van der Waals surface area (Å²) in [6.07, 6.45) is 8.43. The summed E-state index contributed by atoms with van der Waals surface area (Å²) in [6.45, 7) is 1.87. The van der Waals surface area contributed by atoms with Crippen molar-refractivity contribution in [2.45, 2.75) is 56.4 Å². The first-order chi connectivity index (χ1) is 17.1. The minimum absolute atomic E-state index is 0.00834. The number of benzene rings is 1. The highest BCUT2D eigenvalue weighted by Crippen LogP contribution is 2.17. The van der Waals surface area contributed by atoms with Gasteiger partial charge in [0.1, 0.15) is 5.69 Å². The number of hydrogen-bond acceptors (Lipinski definition) is 8. The second-order valence-corrected chi connectivity index (χ2v) is 9.89. The van der Waals surface area contributed by atoms with Crippen LogP contribution in [0.4, 0.5) is 4.79 Å². The minimum atomic E-state index is -3.95. The van der Waals surface area contributed by atoms with Crippen molar-refractivity contribution in [1.29, 1.82) is 0 Å². The lowest BCUT2D eigenvalue weighted by Gasteiger charge is -2.22. The summed E-state index contributed by atoms with van der Waals surface area (Å²) in [5.74, 6) is -1.29. The van der Waals surface area contributed by atoms with E-state index >= 15 is 0 Å². The number of carboxylic acid groups (broad SMARTS) is 1. The highest BCUT2D eigenvalue weighted by atomic mass is 32.2. The molecule has 3 rings (SSSR count). The van der Waals surface area contributed by atoms with Gasteiger partial charge in [-0.05, 0) is 43.9 Å². The Balaban J connectivity index is 0.000000830. The number of nitrogens with two attached hydrogens (primary N) is 1. The van der Waals surface area contributed by atoms with Crippen LogP contribution in [0.5, 0.6) is 0 Å². The van der Waals surface area contributed by atoms with Crippen molar-refractivity contribution in [2.24, 2.45) is 5.73 Å². The fraction of sp³-hybridized carbons (Fsp3) is 0.435. The maximum Gasteiger partial charge on any atom is 0.328 e. The van der Waals surface area contributed by atoms with E-state index in [4.69, 9.17) is 5.11 Å². The average molecular weight is 521 g/mol. The van der Waals surface area contributed by atoms with Gasteiger partial charge in [0.15, 0.2) is 0 Å². The maximum atomic E-state index is 12.4. The number of rotatable bonds is 8. The lowest BCUT2D eigenvalue weighted by molar-refractivity contribution is -0.135. The predicted molar refractivity (Wildman–Crippen MR) is 132 cm³/mol. The van der Waals surface area contributed by atoms with Crippen molar-refractivity contribution < 1.29 is 27.9 Å². The van der Waals surface area contributed by atoms with Gasteiger partial charge in [-0.15, -0.1) is 0 Å². The SMILES string of the molecule is Cc1cnc(C(=O)NCCc2ccc(S(=O)(=O)NC(=O)NC3CCCCC3)cc2)cn1.NCC(=O)O. The number of sulfonamides is 1. The maximum absolute atomic E-state index is 12.4. The molecule has 0 atom stereocenters. The summed E-state index contributed by atoms with van der Waals surface area (Å²) >= 11 is 0. The number of aromatic nitrogens is 2. The first kappa shape index (κ1) is 28.7. The predicted octanol–water partition coefficient (Wildman–Crippen LogP) is 1.11. The van der Waals surface area contributed by atoms with E-state index in [1.165, 1.54) is 24.5 Å². The molecule has 0 unspecified atom stereocenters. The van der Waals surface area contributed by atoms with Gasteiger partial charge in [0.05, 0.1) is 23.3 Å². The van der Waals surface area contributed by atoms with Crippen molar-refractivity contribution in [2.75, 3.05) is 13.1 Å². The van der Waals surface area contributed by atoms with Gasteiger partial charge in [0.25, 0.3) is 15.9 Å². The molecule has 2 aromatic rings. The van der Waals surface area contributed by atoms with Crippen LogP contribution < -0.4 is 21.1 Å². The normalized spacial score (nSPS) is 13.6. The van der Waals surface area contributed by atoms with E-state index in [1.54, 1.807) is 19.1 Å². The van der Waals surface area contributed by atoms with Crippen LogP contribution in [0.3, 0.4) is 0 Å². The molecular formula is C23H32N6O6S. The number of amides is 3. The summed E-state index contributed by atoms with van der Waals surface area (Å²) in [7, 11) is -3.95. The first-order valence-electron chi connectivity index (χ1n) is 11.5. The molecule has 0 bridgehead atoms. The highest BCUT2D eigenvalue weighted by molar-refractivity contribution is 7.90. The third-order valence-electron chi connectivity index (χ3n) is 5.29. The van der Waals surface area contributed by atoms with E-state index in [0.717, 1.165) is 43.4 Å². The van der Waals surface area contributed by atoms with Crippen LogP contribution in [0.1, 0.15) is 53.8 Å². The molecule has 3 amide bonds. The van der Waals surface area contributed by atoms with Crippen molar-refractivity contribution in [3.8, 4) is 0 Å². The summed E-state index contributed by atoms with van der Waals surface area (Å²) in [4.78, 5) is 41.4. The van der Waals surface area contributed by atoms with Crippen LogP contribution in [-0.2, 0) is 21.2 Å².